The molecule has 0 spiro atoms. The second-order valence-corrected chi connectivity index (χ2v) is 7.66. The Hall–Kier alpha value is -3.14. The predicted octanol–water partition coefficient (Wildman–Crippen LogP) is 4.68. The van der Waals surface area contributed by atoms with Crippen LogP contribution in [-0.2, 0) is 11.8 Å². The van der Waals surface area contributed by atoms with Crippen molar-refractivity contribution in [3.8, 4) is 5.75 Å². The third-order valence-corrected chi connectivity index (χ3v) is 5.91. The molecule has 156 valence electrons. The molecule has 0 unspecified atom stereocenters. The van der Waals surface area contributed by atoms with Gasteiger partial charge in [-0.25, -0.2) is 4.39 Å². The third kappa shape index (κ3) is 3.58. The lowest BCUT2D eigenvalue weighted by molar-refractivity contribution is -0.274. The van der Waals surface area contributed by atoms with Gasteiger partial charge in [-0.3, -0.25) is 19.1 Å². The standard InChI is InChI=1S/C20H14F4N2O3S/c1-25-18-17(30-19(25)28)14(13-4-2-3-5-15(13)21)10-16(27)26(18)11-6-8-12(9-7-11)29-20(22,23)24/h2-9,14H,10H2,1H3/t14-/m0/s1. The zero-order chi connectivity index (χ0) is 21.6. The van der Waals surface area contributed by atoms with Gasteiger partial charge in [0.1, 0.15) is 17.4 Å². The van der Waals surface area contributed by atoms with Crippen molar-refractivity contribution in [1.29, 1.82) is 0 Å². The maximum Gasteiger partial charge on any atom is 0.573 e. The molecule has 1 atom stereocenters. The minimum Gasteiger partial charge on any atom is -0.406 e. The number of alkyl halides is 3. The smallest absolute Gasteiger partial charge is 0.406 e. The quantitative estimate of drug-likeness (QED) is 0.558. The Morgan fingerprint density at radius 3 is 2.37 bits per heavy atom. The molecule has 0 saturated heterocycles. The first-order valence-corrected chi connectivity index (χ1v) is 9.60. The van der Waals surface area contributed by atoms with E-state index in [0.29, 0.717) is 10.4 Å². The van der Waals surface area contributed by atoms with Crippen molar-refractivity contribution in [2.75, 3.05) is 4.90 Å². The summed E-state index contributed by atoms with van der Waals surface area (Å²) in [6, 6.07) is 10.8. The summed E-state index contributed by atoms with van der Waals surface area (Å²) in [7, 11) is 1.49. The number of benzene rings is 2. The molecule has 1 aromatic heterocycles. The first-order chi connectivity index (χ1) is 14.2. The number of fused-ring (bicyclic) bond motifs is 1. The van der Waals surface area contributed by atoms with Crippen molar-refractivity contribution in [2.24, 2.45) is 7.05 Å². The highest BCUT2D eigenvalue weighted by atomic mass is 32.1. The molecule has 1 aliphatic rings. The van der Waals surface area contributed by atoms with Crippen LogP contribution in [0.25, 0.3) is 0 Å². The Labute approximate surface area is 171 Å². The van der Waals surface area contributed by atoms with E-state index in [-0.39, 0.29) is 22.8 Å². The number of anilines is 2. The van der Waals surface area contributed by atoms with Gasteiger partial charge in [-0.1, -0.05) is 29.5 Å². The lowest BCUT2D eigenvalue weighted by Gasteiger charge is -2.32. The van der Waals surface area contributed by atoms with Crippen LogP contribution in [0.5, 0.6) is 5.75 Å². The zero-order valence-corrected chi connectivity index (χ0v) is 16.3. The number of halogens is 4. The minimum absolute atomic E-state index is 0.0886. The summed E-state index contributed by atoms with van der Waals surface area (Å²) in [5.74, 6) is -1.67. The molecule has 0 N–H and O–H groups in total. The highest BCUT2D eigenvalue weighted by molar-refractivity contribution is 7.10. The van der Waals surface area contributed by atoms with E-state index in [1.165, 1.54) is 40.8 Å². The van der Waals surface area contributed by atoms with Gasteiger partial charge in [0.15, 0.2) is 0 Å². The largest absolute Gasteiger partial charge is 0.573 e. The number of carbonyl (C=O) groups excluding carboxylic acids is 1. The SMILES string of the molecule is Cn1c2c(sc1=O)[C@H](c1ccccc1F)CC(=O)N2c1ccc(OC(F)(F)F)cc1. The van der Waals surface area contributed by atoms with Gasteiger partial charge in [0.05, 0.1) is 10.6 Å². The molecule has 2 heterocycles. The molecular weight excluding hydrogens is 424 g/mol. The number of rotatable bonds is 3. The summed E-state index contributed by atoms with van der Waals surface area (Å²) in [5.41, 5.74) is 0.582. The van der Waals surface area contributed by atoms with Crippen molar-refractivity contribution >= 4 is 28.7 Å². The maximum absolute atomic E-state index is 14.4. The summed E-state index contributed by atoms with van der Waals surface area (Å²) in [6.45, 7) is 0. The van der Waals surface area contributed by atoms with E-state index in [1.54, 1.807) is 12.1 Å². The van der Waals surface area contributed by atoms with Crippen LogP contribution in [0.15, 0.2) is 53.3 Å². The topological polar surface area (TPSA) is 51.5 Å². The Balaban J connectivity index is 1.79. The number of thiazole rings is 1. The van der Waals surface area contributed by atoms with E-state index in [2.05, 4.69) is 4.74 Å². The van der Waals surface area contributed by atoms with Gasteiger partial charge in [-0.2, -0.15) is 0 Å². The van der Waals surface area contributed by atoms with Crippen LogP contribution >= 0.6 is 11.3 Å². The van der Waals surface area contributed by atoms with Gasteiger partial charge < -0.3 is 4.74 Å². The Bertz CT molecular complexity index is 1170. The molecule has 4 rings (SSSR count). The van der Waals surface area contributed by atoms with Crippen LogP contribution in [0.4, 0.5) is 29.1 Å². The highest BCUT2D eigenvalue weighted by Crippen LogP contribution is 2.45. The summed E-state index contributed by atoms with van der Waals surface area (Å²) >= 11 is 0.913. The maximum atomic E-state index is 14.4. The molecule has 0 saturated carbocycles. The van der Waals surface area contributed by atoms with E-state index >= 15 is 0 Å². The Morgan fingerprint density at radius 1 is 1.07 bits per heavy atom. The number of amides is 1. The fourth-order valence-corrected chi connectivity index (χ4v) is 4.58. The number of hydrogen-bond donors (Lipinski definition) is 0. The van der Waals surface area contributed by atoms with Gasteiger partial charge in [-0.05, 0) is 35.9 Å². The van der Waals surface area contributed by atoms with Crippen molar-refractivity contribution in [2.45, 2.75) is 18.7 Å². The first kappa shape index (κ1) is 20.1. The molecule has 0 bridgehead atoms. The Kier molecular flexibility index (Phi) is 4.89. The molecule has 2 aromatic carbocycles. The van der Waals surface area contributed by atoms with E-state index in [4.69, 9.17) is 0 Å². The number of nitrogens with zero attached hydrogens (tertiary/aromatic N) is 2. The zero-order valence-electron chi connectivity index (χ0n) is 15.4. The number of hydrogen-bond acceptors (Lipinski definition) is 4. The van der Waals surface area contributed by atoms with Crippen LogP contribution in [0, 0.1) is 5.82 Å². The number of carbonyl (C=O) groups is 1. The summed E-state index contributed by atoms with van der Waals surface area (Å²) in [6.07, 6.45) is -4.92. The number of ether oxygens (including phenoxy) is 1. The van der Waals surface area contributed by atoms with Crippen LogP contribution in [0.2, 0.25) is 0 Å². The molecule has 0 aliphatic carbocycles. The van der Waals surface area contributed by atoms with Gasteiger partial charge in [0.25, 0.3) is 0 Å². The van der Waals surface area contributed by atoms with Crippen LogP contribution < -0.4 is 14.5 Å². The monoisotopic (exact) mass is 438 g/mol. The Morgan fingerprint density at radius 2 is 1.73 bits per heavy atom. The lowest BCUT2D eigenvalue weighted by atomic mass is 9.90. The molecule has 5 nitrogen and oxygen atoms in total. The molecule has 3 aromatic rings. The van der Waals surface area contributed by atoms with Crippen molar-refractivity contribution in [3.05, 3.63) is 74.5 Å². The van der Waals surface area contributed by atoms with Crippen molar-refractivity contribution in [3.63, 3.8) is 0 Å². The summed E-state index contributed by atoms with van der Waals surface area (Å²) in [5, 5.41) is 0. The molecule has 1 amide bonds. The summed E-state index contributed by atoms with van der Waals surface area (Å²) < 4.78 is 56.7. The fourth-order valence-electron chi connectivity index (χ4n) is 3.50. The van der Waals surface area contributed by atoms with E-state index in [0.717, 1.165) is 23.5 Å². The molecular formula is C20H14F4N2O3S. The van der Waals surface area contributed by atoms with Gasteiger partial charge in [0, 0.05) is 19.4 Å². The molecule has 1 aliphatic heterocycles. The van der Waals surface area contributed by atoms with E-state index in [1.807, 2.05) is 0 Å². The predicted molar refractivity (Wildman–Crippen MR) is 103 cm³/mol. The van der Waals surface area contributed by atoms with Crippen molar-refractivity contribution in [1.82, 2.24) is 4.57 Å². The lowest BCUT2D eigenvalue weighted by Crippen LogP contribution is -2.34. The third-order valence-electron chi connectivity index (χ3n) is 4.77. The average molecular weight is 438 g/mol. The van der Waals surface area contributed by atoms with Gasteiger partial charge in [0.2, 0.25) is 5.91 Å². The molecule has 0 radical (unpaired) electrons. The first-order valence-electron chi connectivity index (χ1n) is 8.78. The highest BCUT2D eigenvalue weighted by Gasteiger charge is 2.38. The minimum atomic E-state index is -4.83. The van der Waals surface area contributed by atoms with Crippen molar-refractivity contribution < 1.29 is 27.1 Å². The van der Waals surface area contributed by atoms with Gasteiger partial charge in [-0.15, -0.1) is 13.2 Å². The number of aromatic nitrogens is 1. The second-order valence-electron chi connectivity index (χ2n) is 6.66. The molecule has 30 heavy (non-hydrogen) atoms. The van der Waals surface area contributed by atoms with E-state index < -0.39 is 29.8 Å². The van der Waals surface area contributed by atoms with Gasteiger partial charge >= 0.3 is 11.2 Å². The summed E-state index contributed by atoms with van der Waals surface area (Å²) in [4.78, 5) is 26.8. The fraction of sp³-hybridized carbons (Fsp3) is 0.200. The molecule has 0 fully saturated rings. The van der Waals surface area contributed by atoms with Crippen LogP contribution in [-0.4, -0.2) is 16.8 Å². The van der Waals surface area contributed by atoms with Crippen LogP contribution in [0.3, 0.4) is 0 Å². The second kappa shape index (κ2) is 7.28. The average Bonchev–Trinajstić information content (AvgIpc) is 2.96. The normalized spacial score (nSPS) is 16.5. The van der Waals surface area contributed by atoms with E-state index in [9.17, 15) is 27.2 Å². The van der Waals surface area contributed by atoms with Crippen LogP contribution in [0.1, 0.15) is 22.8 Å². The molecule has 10 heteroatoms.